The third-order valence-corrected chi connectivity index (χ3v) is 2.96. The summed E-state index contributed by atoms with van der Waals surface area (Å²) in [5, 5.41) is 8.76. The first kappa shape index (κ1) is 15.1. The van der Waals surface area contributed by atoms with E-state index in [0.29, 0.717) is 13.0 Å². The minimum Gasteiger partial charge on any atom is -0.460 e. The summed E-state index contributed by atoms with van der Waals surface area (Å²) in [6.45, 7) is 5.17. The van der Waals surface area contributed by atoms with E-state index < -0.39 is 0 Å². The Kier molecular flexibility index (Phi) is 10.7. The van der Waals surface area contributed by atoms with Crippen molar-refractivity contribution < 1.29 is 19.5 Å². The fraction of sp³-hybridized carbons (Fsp3) is 0.900. The minimum atomic E-state index is -0.105. The first-order chi connectivity index (χ1) is 7.24. The van der Waals surface area contributed by atoms with Crippen LogP contribution in [-0.4, -0.2) is 48.4 Å². The summed E-state index contributed by atoms with van der Waals surface area (Å²) < 4.78 is 6.07. The number of ether oxygens (including phenoxy) is 1. The number of hydrogen-bond acceptors (Lipinski definition) is 3. The lowest BCUT2D eigenvalue weighted by Gasteiger charge is -2.15. The van der Waals surface area contributed by atoms with Crippen LogP contribution in [0.25, 0.3) is 0 Å². The monoisotopic (exact) mass is 330 g/mol. The maximum atomic E-state index is 11.1. The molecule has 0 heterocycles. The number of alkyl halides is 1. The van der Waals surface area contributed by atoms with Crippen LogP contribution in [-0.2, 0) is 9.53 Å². The van der Waals surface area contributed by atoms with Crippen molar-refractivity contribution in [3.05, 3.63) is 0 Å². The molecule has 2 N–H and O–H groups in total. The van der Waals surface area contributed by atoms with Crippen LogP contribution in [0.5, 0.6) is 0 Å². The molecule has 0 radical (unpaired) electrons. The van der Waals surface area contributed by atoms with Gasteiger partial charge in [-0.2, -0.15) is 0 Å². The SMILES string of the molecule is CC[NH+](CCO)CCOC(=O)CCCI. The number of aliphatic hydroxyl groups excluding tert-OH is 1. The molecule has 0 bridgehead atoms. The van der Waals surface area contributed by atoms with Crippen molar-refractivity contribution >= 4 is 28.6 Å². The van der Waals surface area contributed by atoms with Gasteiger partial charge in [0.05, 0.1) is 13.2 Å². The van der Waals surface area contributed by atoms with Crippen LogP contribution in [0.3, 0.4) is 0 Å². The largest absolute Gasteiger partial charge is 0.460 e. The van der Waals surface area contributed by atoms with Crippen LogP contribution < -0.4 is 4.90 Å². The second-order valence-corrected chi connectivity index (χ2v) is 4.42. The Morgan fingerprint density at radius 1 is 1.47 bits per heavy atom. The summed E-state index contributed by atoms with van der Waals surface area (Å²) in [5.74, 6) is -0.105. The van der Waals surface area contributed by atoms with Gasteiger partial charge in [-0.1, -0.05) is 22.6 Å². The topological polar surface area (TPSA) is 51.0 Å². The van der Waals surface area contributed by atoms with Crippen LogP contribution in [0, 0.1) is 0 Å². The van der Waals surface area contributed by atoms with Gasteiger partial charge in [0.15, 0.2) is 0 Å². The Bertz CT molecular complexity index is 167. The molecular weight excluding hydrogens is 309 g/mol. The van der Waals surface area contributed by atoms with Crippen LogP contribution >= 0.6 is 22.6 Å². The van der Waals surface area contributed by atoms with E-state index in [2.05, 4.69) is 29.5 Å². The first-order valence-electron chi connectivity index (χ1n) is 5.40. The van der Waals surface area contributed by atoms with E-state index in [1.54, 1.807) is 0 Å². The predicted molar refractivity (Wildman–Crippen MR) is 67.4 cm³/mol. The van der Waals surface area contributed by atoms with Gasteiger partial charge < -0.3 is 14.7 Å². The van der Waals surface area contributed by atoms with Gasteiger partial charge in [-0.3, -0.25) is 4.79 Å². The number of rotatable bonds is 9. The van der Waals surface area contributed by atoms with Crippen LogP contribution in [0.4, 0.5) is 0 Å². The second-order valence-electron chi connectivity index (χ2n) is 3.34. The second kappa shape index (κ2) is 10.6. The zero-order chi connectivity index (χ0) is 11.5. The lowest BCUT2D eigenvalue weighted by atomic mass is 10.3. The highest BCUT2D eigenvalue weighted by Crippen LogP contribution is 1.96. The van der Waals surface area contributed by atoms with E-state index in [1.165, 1.54) is 4.90 Å². The van der Waals surface area contributed by atoms with E-state index in [0.717, 1.165) is 30.5 Å². The molecule has 90 valence electrons. The van der Waals surface area contributed by atoms with Gasteiger partial charge in [-0.25, -0.2) is 0 Å². The summed E-state index contributed by atoms with van der Waals surface area (Å²) in [6, 6.07) is 0. The highest BCUT2D eigenvalue weighted by atomic mass is 127. The number of hydrogen-bond donors (Lipinski definition) is 2. The summed E-state index contributed by atoms with van der Waals surface area (Å²) >= 11 is 2.25. The molecule has 5 heteroatoms. The Morgan fingerprint density at radius 3 is 2.73 bits per heavy atom. The van der Waals surface area contributed by atoms with E-state index in [9.17, 15) is 4.79 Å². The van der Waals surface area contributed by atoms with Gasteiger partial charge in [0.2, 0.25) is 0 Å². The molecule has 0 rings (SSSR count). The lowest BCUT2D eigenvalue weighted by Crippen LogP contribution is -3.12. The smallest absolute Gasteiger partial charge is 0.306 e. The zero-order valence-corrected chi connectivity index (χ0v) is 11.5. The minimum absolute atomic E-state index is 0.105. The fourth-order valence-electron chi connectivity index (χ4n) is 1.23. The van der Waals surface area contributed by atoms with Gasteiger partial charge >= 0.3 is 5.97 Å². The molecule has 0 aromatic carbocycles. The summed E-state index contributed by atoms with van der Waals surface area (Å²) in [6.07, 6.45) is 1.41. The molecule has 1 unspecified atom stereocenters. The normalized spacial score (nSPS) is 12.5. The Morgan fingerprint density at radius 2 is 2.20 bits per heavy atom. The van der Waals surface area contributed by atoms with Crippen molar-refractivity contribution in [1.29, 1.82) is 0 Å². The third-order valence-electron chi connectivity index (χ3n) is 2.20. The average Bonchev–Trinajstić information content (AvgIpc) is 2.25. The molecule has 0 fully saturated rings. The number of carbonyl (C=O) groups excluding carboxylic acids is 1. The molecule has 0 saturated carbocycles. The predicted octanol–water partition coefficient (Wildman–Crippen LogP) is -0.358. The summed E-state index contributed by atoms with van der Waals surface area (Å²) in [4.78, 5) is 12.4. The molecule has 15 heavy (non-hydrogen) atoms. The lowest BCUT2D eigenvalue weighted by molar-refractivity contribution is -0.898. The van der Waals surface area contributed by atoms with E-state index in [4.69, 9.17) is 9.84 Å². The number of likely N-dealkylation sites (N-methyl/N-ethyl adjacent to an activating group) is 1. The van der Waals surface area contributed by atoms with Crippen molar-refractivity contribution in [3.63, 3.8) is 0 Å². The van der Waals surface area contributed by atoms with Crippen molar-refractivity contribution in [2.75, 3.05) is 37.3 Å². The van der Waals surface area contributed by atoms with Crippen molar-refractivity contribution in [2.45, 2.75) is 19.8 Å². The van der Waals surface area contributed by atoms with Crippen LogP contribution in [0.2, 0.25) is 0 Å². The number of esters is 1. The number of quaternary nitrogens is 1. The van der Waals surface area contributed by atoms with Crippen LogP contribution in [0.15, 0.2) is 0 Å². The molecule has 0 aliphatic heterocycles. The zero-order valence-electron chi connectivity index (χ0n) is 9.30. The first-order valence-corrected chi connectivity index (χ1v) is 6.93. The maximum Gasteiger partial charge on any atom is 0.306 e. The molecular formula is C10H21INO3+. The van der Waals surface area contributed by atoms with Crippen molar-refractivity contribution in [3.8, 4) is 0 Å². The number of aliphatic hydroxyl groups is 1. The summed E-state index contributed by atoms with van der Waals surface area (Å²) in [5.41, 5.74) is 0. The fourth-order valence-corrected chi connectivity index (χ4v) is 1.61. The molecule has 0 amide bonds. The average molecular weight is 330 g/mol. The Hall–Kier alpha value is 0.120. The molecule has 4 nitrogen and oxygen atoms in total. The highest BCUT2D eigenvalue weighted by Gasteiger charge is 2.07. The Balaban J connectivity index is 3.45. The molecule has 0 aliphatic rings. The molecule has 0 saturated heterocycles. The van der Waals surface area contributed by atoms with E-state index in [-0.39, 0.29) is 12.6 Å². The van der Waals surface area contributed by atoms with Gasteiger partial charge in [-0.15, -0.1) is 0 Å². The van der Waals surface area contributed by atoms with Crippen molar-refractivity contribution in [2.24, 2.45) is 0 Å². The molecule has 0 aliphatic carbocycles. The van der Waals surface area contributed by atoms with E-state index >= 15 is 0 Å². The van der Waals surface area contributed by atoms with Gasteiger partial charge in [0.1, 0.15) is 19.7 Å². The molecule has 0 aromatic rings. The summed E-state index contributed by atoms with van der Waals surface area (Å²) in [7, 11) is 0. The molecule has 0 aromatic heterocycles. The number of nitrogens with one attached hydrogen (secondary N) is 1. The van der Waals surface area contributed by atoms with Crippen LogP contribution in [0.1, 0.15) is 19.8 Å². The molecule has 0 spiro atoms. The number of carbonyl (C=O) groups is 1. The van der Waals surface area contributed by atoms with Gasteiger partial charge in [0.25, 0.3) is 0 Å². The standard InChI is InChI=1S/C10H20INO3/c1-2-12(6-8-13)7-9-15-10(14)4-3-5-11/h13H,2-9H2,1H3/p+1. The quantitative estimate of drug-likeness (QED) is 0.345. The highest BCUT2D eigenvalue weighted by molar-refractivity contribution is 14.1. The van der Waals surface area contributed by atoms with Gasteiger partial charge in [-0.05, 0) is 13.3 Å². The Labute approximate surface area is 105 Å². The maximum absolute atomic E-state index is 11.1. The van der Waals surface area contributed by atoms with E-state index in [1.807, 2.05) is 0 Å². The molecule has 1 atom stereocenters. The van der Waals surface area contributed by atoms with Gasteiger partial charge in [0, 0.05) is 10.8 Å². The van der Waals surface area contributed by atoms with Crippen molar-refractivity contribution in [1.82, 2.24) is 0 Å². The number of halogens is 1. The third kappa shape index (κ3) is 9.07.